The molecule has 0 aliphatic heterocycles. The number of thioether (sulfide) groups is 1. The van der Waals surface area contributed by atoms with Gasteiger partial charge in [0.15, 0.2) is 0 Å². The number of amides is 1. The average molecular weight is 235 g/mol. The molecule has 0 atom stereocenters. The maximum absolute atomic E-state index is 11.4. The monoisotopic (exact) mass is 235 g/mol. The minimum absolute atomic E-state index is 0.339. The molecule has 0 fully saturated rings. The van der Waals surface area contributed by atoms with Gasteiger partial charge in [0, 0.05) is 7.05 Å². The molecule has 82 valence electrons. The molecule has 0 aliphatic carbocycles. The molecule has 0 heterocycles. The summed E-state index contributed by atoms with van der Waals surface area (Å²) in [5.41, 5.74) is -0.452. The Morgan fingerprint density at radius 2 is 2.00 bits per heavy atom. The lowest BCUT2D eigenvalue weighted by molar-refractivity contribution is 0.0325. The molecular formula is C9H17NO2S2. The average Bonchev–Trinajstić information content (AvgIpc) is 2.00. The second-order valence-corrected chi connectivity index (χ2v) is 5.56. The highest BCUT2D eigenvalue weighted by atomic mass is 32.2. The fourth-order valence-corrected chi connectivity index (χ4v) is 1.18. The van der Waals surface area contributed by atoms with E-state index in [2.05, 4.69) is 0 Å². The van der Waals surface area contributed by atoms with Gasteiger partial charge in [0.05, 0.1) is 10.7 Å². The summed E-state index contributed by atoms with van der Waals surface area (Å²) < 4.78 is 5.94. The molecule has 0 spiro atoms. The Kier molecular flexibility index (Phi) is 5.44. The minimum atomic E-state index is -0.452. The summed E-state index contributed by atoms with van der Waals surface area (Å²) in [4.78, 5) is 12.9. The van der Waals surface area contributed by atoms with Crippen LogP contribution < -0.4 is 0 Å². The Morgan fingerprint density at radius 1 is 1.50 bits per heavy atom. The molecule has 0 unspecified atom stereocenters. The third-order valence-electron chi connectivity index (χ3n) is 1.30. The van der Waals surface area contributed by atoms with Crippen molar-refractivity contribution in [3.05, 3.63) is 0 Å². The molecule has 0 bridgehead atoms. The minimum Gasteiger partial charge on any atom is -0.444 e. The Labute approximate surface area is 95.2 Å². The van der Waals surface area contributed by atoms with Crippen LogP contribution in [0.15, 0.2) is 0 Å². The van der Waals surface area contributed by atoms with Gasteiger partial charge >= 0.3 is 6.09 Å². The van der Waals surface area contributed by atoms with Crippen LogP contribution in [0.3, 0.4) is 0 Å². The number of hydrogen-bond acceptors (Lipinski definition) is 4. The van der Waals surface area contributed by atoms with Crippen molar-refractivity contribution >= 4 is 34.3 Å². The molecule has 1 amide bonds. The van der Waals surface area contributed by atoms with E-state index in [1.807, 2.05) is 27.0 Å². The summed E-state index contributed by atoms with van der Waals surface area (Å²) >= 11 is 6.48. The maximum Gasteiger partial charge on any atom is 0.410 e. The van der Waals surface area contributed by atoms with Crippen molar-refractivity contribution in [2.75, 3.05) is 19.8 Å². The summed E-state index contributed by atoms with van der Waals surface area (Å²) in [6.45, 7) is 5.97. The van der Waals surface area contributed by atoms with Crippen LogP contribution in [0.2, 0.25) is 0 Å². The van der Waals surface area contributed by atoms with Gasteiger partial charge in [0.2, 0.25) is 0 Å². The Bertz CT molecular complexity index is 223. The van der Waals surface area contributed by atoms with Crippen LogP contribution in [0, 0.1) is 0 Å². The molecule has 0 saturated heterocycles. The largest absolute Gasteiger partial charge is 0.444 e. The van der Waals surface area contributed by atoms with E-state index in [-0.39, 0.29) is 6.09 Å². The number of carbonyl (C=O) groups excluding carboxylic acids is 1. The molecular weight excluding hydrogens is 218 g/mol. The van der Waals surface area contributed by atoms with Gasteiger partial charge in [-0.2, -0.15) is 0 Å². The lowest BCUT2D eigenvalue weighted by atomic mass is 10.2. The van der Waals surface area contributed by atoms with Crippen LogP contribution in [-0.4, -0.2) is 40.6 Å². The van der Waals surface area contributed by atoms with Crippen LogP contribution in [-0.2, 0) is 4.74 Å². The molecule has 3 nitrogen and oxygen atoms in total. The topological polar surface area (TPSA) is 29.5 Å². The summed E-state index contributed by atoms with van der Waals surface area (Å²) in [6, 6.07) is 0. The first-order chi connectivity index (χ1) is 6.26. The molecule has 0 rings (SSSR count). The van der Waals surface area contributed by atoms with E-state index in [4.69, 9.17) is 17.0 Å². The molecule has 0 N–H and O–H groups in total. The van der Waals surface area contributed by atoms with Gasteiger partial charge in [-0.1, -0.05) is 12.2 Å². The van der Waals surface area contributed by atoms with Crippen molar-refractivity contribution in [1.29, 1.82) is 0 Å². The van der Waals surface area contributed by atoms with Crippen LogP contribution in [0.25, 0.3) is 0 Å². The lowest BCUT2D eigenvalue weighted by Gasteiger charge is -2.24. The normalized spacial score (nSPS) is 10.9. The Balaban J connectivity index is 4.07. The van der Waals surface area contributed by atoms with Crippen molar-refractivity contribution in [3.63, 3.8) is 0 Å². The second-order valence-electron chi connectivity index (χ2n) is 3.91. The van der Waals surface area contributed by atoms with Gasteiger partial charge in [-0.05, 0) is 27.0 Å². The number of nitrogens with zero attached hydrogens (tertiary/aromatic N) is 1. The lowest BCUT2D eigenvalue weighted by Crippen LogP contribution is -2.36. The van der Waals surface area contributed by atoms with E-state index in [1.165, 1.54) is 16.7 Å². The Hall–Kier alpha value is -0.290. The number of hydrogen-bond donors (Lipinski definition) is 0. The van der Waals surface area contributed by atoms with Gasteiger partial charge in [-0.25, -0.2) is 4.79 Å². The summed E-state index contributed by atoms with van der Waals surface area (Å²) in [5.74, 6) is 0. The first-order valence-corrected chi connectivity index (χ1v) is 5.90. The number of carbonyl (C=O) groups is 1. The van der Waals surface area contributed by atoms with Gasteiger partial charge in [-0.3, -0.25) is 0 Å². The highest BCUT2D eigenvalue weighted by Crippen LogP contribution is 2.10. The third-order valence-corrected chi connectivity index (χ3v) is 2.51. The van der Waals surface area contributed by atoms with Crippen molar-refractivity contribution in [2.45, 2.75) is 26.4 Å². The van der Waals surface area contributed by atoms with E-state index in [9.17, 15) is 4.79 Å². The predicted octanol–water partition coefficient (Wildman–Crippen LogP) is 2.54. The molecule has 0 aromatic carbocycles. The number of thiocarbonyl (C=S) groups is 1. The van der Waals surface area contributed by atoms with Crippen LogP contribution >= 0.6 is 24.0 Å². The zero-order valence-corrected chi connectivity index (χ0v) is 10.9. The SMILES string of the molecule is CSC(=S)CN(C)C(=O)OC(C)(C)C. The van der Waals surface area contributed by atoms with Crippen LogP contribution in [0.4, 0.5) is 4.79 Å². The molecule has 0 aromatic heterocycles. The molecule has 0 radical (unpaired) electrons. The van der Waals surface area contributed by atoms with Crippen molar-refractivity contribution in [3.8, 4) is 0 Å². The number of ether oxygens (including phenoxy) is 1. The molecule has 0 aromatic rings. The third kappa shape index (κ3) is 6.21. The van der Waals surface area contributed by atoms with Crippen molar-refractivity contribution in [1.82, 2.24) is 4.90 Å². The second kappa shape index (κ2) is 5.56. The first-order valence-electron chi connectivity index (χ1n) is 4.27. The predicted molar refractivity (Wildman–Crippen MR) is 65.0 cm³/mol. The fraction of sp³-hybridized carbons (Fsp3) is 0.778. The Morgan fingerprint density at radius 3 is 2.36 bits per heavy atom. The van der Waals surface area contributed by atoms with E-state index in [0.717, 1.165) is 4.20 Å². The summed E-state index contributed by atoms with van der Waals surface area (Å²) in [7, 11) is 1.68. The maximum atomic E-state index is 11.4. The summed E-state index contributed by atoms with van der Waals surface area (Å²) in [5, 5.41) is 0. The van der Waals surface area contributed by atoms with Crippen LogP contribution in [0.1, 0.15) is 20.8 Å². The summed E-state index contributed by atoms with van der Waals surface area (Å²) in [6.07, 6.45) is 1.56. The van der Waals surface area contributed by atoms with E-state index in [1.54, 1.807) is 7.05 Å². The first kappa shape index (κ1) is 13.7. The quantitative estimate of drug-likeness (QED) is 0.688. The van der Waals surface area contributed by atoms with E-state index < -0.39 is 5.60 Å². The molecule has 14 heavy (non-hydrogen) atoms. The van der Waals surface area contributed by atoms with Crippen molar-refractivity contribution in [2.24, 2.45) is 0 Å². The van der Waals surface area contributed by atoms with Crippen molar-refractivity contribution < 1.29 is 9.53 Å². The van der Waals surface area contributed by atoms with Gasteiger partial charge in [0.25, 0.3) is 0 Å². The highest BCUT2D eigenvalue weighted by molar-refractivity contribution is 8.22. The van der Waals surface area contributed by atoms with E-state index in [0.29, 0.717) is 6.54 Å². The fourth-order valence-electron chi connectivity index (χ4n) is 0.663. The molecule has 0 aliphatic rings. The van der Waals surface area contributed by atoms with Gasteiger partial charge < -0.3 is 9.64 Å². The standard InChI is InChI=1S/C9H17NO2S2/c1-9(2,3)12-8(11)10(4)6-7(13)14-5/h6H2,1-5H3. The van der Waals surface area contributed by atoms with Gasteiger partial charge in [0.1, 0.15) is 5.60 Å². The zero-order valence-electron chi connectivity index (χ0n) is 9.29. The molecule has 5 heteroatoms. The molecule has 0 saturated carbocycles. The van der Waals surface area contributed by atoms with Gasteiger partial charge in [-0.15, -0.1) is 11.8 Å². The van der Waals surface area contributed by atoms with Crippen LogP contribution in [0.5, 0.6) is 0 Å². The highest BCUT2D eigenvalue weighted by Gasteiger charge is 2.19. The number of rotatable bonds is 2. The smallest absolute Gasteiger partial charge is 0.410 e. The zero-order chi connectivity index (χ0) is 11.4. The van der Waals surface area contributed by atoms with E-state index >= 15 is 0 Å².